The van der Waals surface area contributed by atoms with Crippen LogP contribution >= 0.6 is 23.2 Å². The second-order valence-electron chi connectivity index (χ2n) is 6.58. The molecule has 0 aliphatic carbocycles. The summed E-state index contributed by atoms with van der Waals surface area (Å²) in [5.74, 6) is 0.869. The van der Waals surface area contributed by atoms with E-state index in [4.69, 9.17) is 32.8 Å². The quantitative estimate of drug-likeness (QED) is 0.351. The summed E-state index contributed by atoms with van der Waals surface area (Å²) >= 11 is 12.0. The molecule has 142 valence electrons. The van der Waals surface area contributed by atoms with Crippen molar-refractivity contribution in [2.24, 2.45) is 0 Å². The lowest BCUT2D eigenvalue weighted by molar-refractivity contribution is 0.430. The summed E-state index contributed by atoms with van der Waals surface area (Å²) in [6.07, 6.45) is 0. The Morgan fingerprint density at radius 1 is 0.828 bits per heavy atom. The maximum Gasteiger partial charge on any atom is 0.279 e. The molecule has 0 N–H and O–H groups in total. The molecule has 0 saturated heterocycles. The predicted molar refractivity (Wildman–Crippen MR) is 114 cm³/mol. The zero-order valence-electron chi connectivity index (χ0n) is 15.1. The summed E-state index contributed by atoms with van der Waals surface area (Å²) in [4.78, 5) is 4.55. The first-order valence-electron chi connectivity index (χ1n) is 8.97. The van der Waals surface area contributed by atoms with Crippen molar-refractivity contribution in [3.63, 3.8) is 0 Å². The van der Waals surface area contributed by atoms with Gasteiger partial charge in [-0.15, -0.1) is 0 Å². The van der Waals surface area contributed by atoms with E-state index in [1.807, 2.05) is 65.3 Å². The number of halogens is 2. The van der Waals surface area contributed by atoms with E-state index in [1.54, 1.807) is 12.1 Å². The number of benzene rings is 3. The fraction of sp³-hybridized carbons (Fsp3) is 0.0455. The Hall–Kier alpha value is -3.15. The van der Waals surface area contributed by atoms with Crippen LogP contribution in [0.4, 0.5) is 0 Å². The highest BCUT2D eigenvalue weighted by molar-refractivity contribution is 6.30. The molecule has 29 heavy (non-hydrogen) atoms. The molecule has 0 aliphatic rings. The zero-order chi connectivity index (χ0) is 19.8. The minimum absolute atomic E-state index is 0.376. The van der Waals surface area contributed by atoms with Gasteiger partial charge in [-0.1, -0.05) is 58.7 Å². The monoisotopic (exact) mass is 420 g/mol. The Labute approximate surface area is 176 Å². The molecule has 2 aromatic heterocycles. The average molecular weight is 421 g/mol. The smallest absolute Gasteiger partial charge is 0.279 e. The van der Waals surface area contributed by atoms with Gasteiger partial charge in [0, 0.05) is 21.0 Å². The number of hydrogen-bond donors (Lipinski definition) is 0. The highest BCUT2D eigenvalue weighted by atomic mass is 35.5. The van der Waals surface area contributed by atoms with E-state index < -0.39 is 0 Å². The molecule has 5 aromatic rings. The summed E-state index contributed by atoms with van der Waals surface area (Å²) < 4.78 is 7.47. The minimum atomic E-state index is 0.376. The third-order valence-corrected chi connectivity index (χ3v) is 5.14. The molecule has 3 aromatic carbocycles. The van der Waals surface area contributed by atoms with Gasteiger partial charge in [0.15, 0.2) is 5.69 Å². The lowest BCUT2D eigenvalue weighted by atomic mass is 10.2. The Morgan fingerprint density at radius 2 is 1.52 bits per heavy atom. The molecular weight excluding hydrogens is 407 g/mol. The van der Waals surface area contributed by atoms with Gasteiger partial charge < -0.3 is 4.52 Å². The maximum absolute atomic E-state index is 6.00. The number of fused-ring (bicyclic) bond motifs is 1. The minimum Gasteiger partial charge on any atom is -0.332 e. The van der Waals surface area contributed by atoms with Gasteiger partial charge in [-0.3, -0.25) is 4.68 Å². The summed E-state index contributed by atoms with van der Waals surface area (Å²) in [6.45, 7) is 0.607. The van der Waals surface area contributed by atoms with Crippen LogP contribution < -0.4 is 0 Å². The maximum atomic E-state index is 6.00. The molecule has 0 fully saturated rings. The second-order valence-corrected chi connectivity index (χ2v) is 7.45. The largest absolute Gasteiger partial charge is 0.332 e. The van der Waals surface area contributed by atoms with Gasteiger partial charge in [0.05, 0.1) is 12.1 Å². The van der Waals surface area contributed by atoms with Crippen molar-refractivity contribution in [1.29, 1.82) is 0 Å². The van der Waals surface area contributed by atoms with E-state index in [9.17, 15) is 0 Å². The Balaban J connectivity index is 1.55. The number of para-hydroxylation sites is 1. The molecule has 0 amide bonds. The zero-order valence-corrected chi connectivity index (χ0v) is 16.6. The highest BCUT2D eigenvalue weighted by Gasteiger charge is 2.18. The third-order valence-electron chi connectivity index (χ3n) is 4.63. The first-order chi connectivity index (χ1) is 14.2. The predicted octanol–water partition coefficient (Wildman–Crippen LogP) is 6.11. The van der Waals surface area contributed by atoms with Crippen LogP contribution in [-0.2, 0) is 6.54 Å². The fourth-order valence-electron chi connectivity index (χ4n) is 3.20. The van der Waals surface area contributed by atoms with Gasteiger partial charge in [0.2, 0.25) is 5.82 Å². The third kappa shape index (κ3) is 3.50. The van der Waals surface area contributed by atoms with Crippen molar-refractivity contribution in [2.45, 2.75) is 6.54 Å². The molecule has 0 aliphatic heterocycles. The van der Waals surface area contributed by atoms with E-state index in [-0.39, 0.29) is 0 Å². The molecule has 7 heteroatoms. The Bertz CT molecular complexity index is 1290. The second kappa shape index (κ2) is 7.35. The van der Waals surface area contributed by atoms with Crippen LogP contribution in [0.3, 0.4) is 0 Å². The molecule has 0 unspecified atom stereocenters. The molecule has 5 rings (SSSR count). The number of rotatable bonds is 4. The van der Waals surface area contributed by atoms with Crippen LogP contribution in [0.25, 0.3) is 33.9 Å². The first-order valence-corrected chi connectivity index (χ1v) is 9.73. The van der Waals surface area contributed by atoms with Crippen LogP contribution in [0.5, 0.6) is 0 Å². The molecular formula is C22H14Cl2N4O. The number of aromatic nitrogens is 4. The van der Waals surface area contributed by atoms with Crippen LogP contribution in [-0.4, -0.2) is 19.9 Å². The van der Waals surface area contributed by atoms with Crippen molar-refractivity contribution in [2.75, 3.05) is 0 Å². The first kappa shape index (κ1) is 17.9. The van der Waals surface area contributed by atoms with E-state index in [0.29, 0.717) is 34.0 Å². The van der Waals surface area contributed by atoms with Gasteiger partial charge in [0.1, 0.15) is 0 Å². The molecule has 0 spiro atoms. The summed E-state index contributed by atoms with van der Waals surface area (Å²) in [7, 11) is 0. The summed E-state index contributed by atoms with van der Waals surface area (Å²) in [5.41, 5.74) is 3.57. The van der Waals surface area contributed by atoms with Gasteiger partial charge in [-0.2, -0.15) is 10.1 Å². The van der Waals surface area contributed by atoms with E-state index in [2.05, 4.69) is 10.1 Å². The standard InChI is InChI=1S/C22H14Cl2N4O/c23-16-9-5-14(6-10-16)13-28-19-4-2-1-3-18(19)20(26-28)22-25-21(27-29-22)15-7-11-17(24)12-8-15/h1-12H,13H2. The number of nitrogens with zero attached hydrogens (tertiary/aromatic N) is 4. The fourth-order valence-corrected chi connectivity index (χ4v) is 3.46. The van der Waals surface area contributed by atoms with Crippen molar-refractivity contribution < 1.29 is 4.52 Å². The summed E-state index contributed by atoms with van der Waals surface area (Å²) in [5, 5.41) is 11.2. The van der Waals surface area contributed by atoms with Crippen LogP contribution in [0.2, 0.25) is 10.0 Å². The average Bonchev–Trinajstić information content (AvgIpc) is 3.36. The van der Waals surface area contributed by atoms with E-state index in [1.165, 1.54) is 0 Å². The van der Waals surface area contributed by atoms with Gasteiger partial charge >= 0.3 is 0 Å². The lowest BCUT2D eigenvalue weighted by Crippen LogP contribution is -2.01. The summed E-state index contributed by atoms with van der Waals surface area (Å²) in [6, 6.07) is 23.0. The van der Waals surface area contributed by atoms with E-state index >= 15 is 0 Å². The molecule has 0 atom stereocenters. The Morgan fingerprint density at radius 3 is 2.28 bits per heavy atom. The molecule has 5 nitrogen and oxygen atoms in total. The van der Waals surface area contributed by atoms with Gasteiger partial charge in [-0.25, -0.2) is 0 Å². The number of hydrogen-bond acceptors (Lipinski definition) is 4. The van der Waals surface area contributed by atoms with Crippen LogP contribution in [0.15, 0.2) is 77.3 Å². The van der Waals surface area contributed by atoms with E-state index in [0.717, 1.165) is 22.0 Å². The van der Waals surface area contributed by atoms with Gasteiger partial charge in [-0.05, 0) is 48.0 Å². The SMILES string of the molecule is Clc1ccc(Cn2nc(-c3nc(-c4ccc(Cl)cc4)no3)c3ccccc32)cc1. The van der Waals surface area contributed by atoms with Crippen molar-refractivity contribution in [3.05, 3.63) is 88.4 Å². The van der Waals surface area contributed by atoms with Crippen LogP contribution in [0, 0.1) is 0 Å². The molecule has 0 saturated carbocycles. The molecule has 0 radical (unpaired) electrons. The van der Waals surface area contributed by atoms with Gasteiger partial charge in [0.25, 0.3) is 5.89 Å². The molecule has 0 bridgehead atoms. The molecule has 2 heterocycles. The topological polar surface area (TPSA) is 56.7 Å². The van der Waals surface area contributed by atoms with Crippen molar-refractivity contribution in [1.82, 2.24) is 19.9 Å². The Kier molecular flexibility index (Phi) is 4.54. The highest BCUT2D eigenvalue weighted by Crippen LogP contribution is 2.29. The van der Waals surface area contributed by atoms with Crippen molar-refractivity contribution >= 4 is 34.1 Å². The van der Waals surface area contributed by atoms with Crippen LogP contribution in [0.1, 0.15) is 5.56 Å². The van der Waals surface area contributed by atoms with Crippen molar-refractivity contribution in [3.8, 4) is 23.0 Å². The normalized spacial score (nSPS) is 11.2. The lowest BCUT2D eigenvalue weighted by Gasteiger charge is -2.03.